The molecule has 1 N–H and O–H groups in total. The number of thioether (sulfide) groups is 1. The van der Waals surface area contributed by atoms with Gasteiger partial charge in [-0.15, -0.1) is 0 Å². The molecule has 1 aromatic heterocycles. The molecule has 0 aliphatic carbocycles. The van der Waals surface area contributed by atoms with Gasteiger partial charge in [0.1, 0.15) is 0 Å². The van der Waals surface area contributed by atoms with Crippen molar-refractivity contribution < 1.29 is 4.74 Å². The summed E-state index contributed by atoms with van der Waals surface area (Å²) in [4.78, 5) is 10.8. The highest BCUT2D eigenvalue weighted by molar-refractivity contribution is 7.99. The smallest absolute Gasteiger partial charge is 0.166 e. The number of H-pyrrole nitrogens is 1. The molecular weight excluding hydrogens is 413 g/mol. The summed E-state index contributed by atoms with van der Waals surface area (Å²) < 4.78 is 5.41. The average molecular weight is 434 g/mol. The van der Waals surface area contributed by atoms with Crippen molar-refractivity contribution in [3.05, 3.63) is 58.6 Å². The lowest BCUT2D eigenvalue weighted by molar-refractivity contribution is 0.0410. The summed E-state index contributed by atoms with van der Waals surface area (Å²) >= 11 is 13.9. The molecule has 1 aliphatic rings. The van der Waals surface area contributed by atoms with Crippen molar-refractivity contribution in [2.24, 2.45) is 0 Å². The van der Waals surface area contributed by atoms with E-state index in [1.165, 1.54) is 0 Å². The number of halogens is 2. The second kappa shape index (κ2) is 9.33. The molecule has 0 spiro atoms. The van der Waals surface area contributed by atoms with Gasteiger partial charge in [-0.3, -0.25) is 4.90 Å². The molecule has 7 heteroatoms. The quantitative estimate of drug-likeness (QED) is 0.522. The largest absolute Gasteiger partial charge is 0.379 e. The third-order valence-electron chi connectivity index (χ3n) is 4.68. The van der Waals surface area contributed by atoms with Crippen molar-refractivity contribution in [2.75, 3.05) is 38.6 Å². The number of nitrogens with one attached hydrogen (secondary N) is 1. The molecule has 0 amide bonds. The van der Waals surface area contributed by atoms with Crippen LogP contribution in [0.1, 0.15) is 0 Å². The van der Waals surface area contributed by atoms with Crippen molar-refractivity contribution in [3.8, 4) is 22.5 Å². The average Bonchev–Trinajstić information content (AvgIpc) is 3.14. The maximum absolute atomic E-state index is 6.06. The zero-order valence-corrected chi connectivity index (χ0v) is 17.7. The number of ether oxygens (including phenoxy) is 1. The van der Waals surface area contributed by atoms with Gasteiger partial charge >= 0.3 is 0 Å². The maximum atomic E-state index is 6.06. The van der Waals surface area contributed by atoms with Crippen LogP contribution in [0.5, 0.6) is 0 Å². The lowest BCUT2D eigenvalue weighted by Gasteiger charge is -2.26. The summed E-state index contributed by atoms with van der Waals surface area (Å²) in [5, 5.41) is 2.35. The Kier molecular flexibility index (Phi) is 6.60. The number of morpholine rings is 1. The van der Waals surface area contributed by atoms with E-state index in [9.17, 15) is 0 Å². The number of aromatic nitrogens is 2. The van der Waals surface area contributed by atoms with E-state index in [1.54, 1.807) is 11.8 Å². The highest BCUT2D eigenvalue weighted by Gasteiger charge is 2.16. The van der Waals surface area contributed by atoms with Gasteiger partial charge in [0.05, 0.1) is 24.6 Å². The molecule has 4 rings (SSSR count). The van der Waals surface area contributed by atoms with Gasteiger partial charge in [-0.25, -0.2) is 4.98 Å². The molecular formula is C21H21Cl2N3OS. The SMILES string of the molecule is Clc1ccc(-c2nc(SCCN3CCOCC3)[nH]c2-c2ccc(Cl)cc2)cc1. The van der Waals surface area contributed by atoms with Gasteiger partial charge in [0, 0.05) is 46.6 Å². The minimum Gasteiger partial charge on any atom is -0.379 e. The van der Waals surface area contributed by atoms with Gasteiger partial charge in [0.25, 0.3) is 0 Å². The summed E-state index contributed by atoms with van der Waals surface area (Å²) in [5.41, 5.74) is 4.01. The van der Waals surface area contributed by atoms with Crippen molar-refractivity contribution in [3.63, 3.8) is 0 Å². The van der Waals surface area contributed by atoms with Crippen molar-refractivity contribution >= 4 is 35.0 Å². The maximum Gasteiger partial charge on any atom is 0.166 e. The number of benzene rings is 2. The van der Waals surface area contributed by atoms with E-state index in [4.69, 9.17) is 32.9 Å². The summed E-state index contributed by atoms with van der Waals surface area (Å²) in [6.07, 6.45) is 0. The van der Waals surface area contributed by atoms with Crippen molar-refractivity contribution in [1.29, 1.82) is 0 Å². The first kappa shape index (κ1) is 19.8. The molecule has 28 heavy (non-hydrogen) atoms. The van der Waals surface area contributed by atoms with Gasteiger partial charge in [0.2, 0.25) is 0 Å². The lowest BCUT2D eigenvalue weighted by atomic mass is 10.1. The first-order chi connectivity index (χ1) is 13.7. The fourth-order valence-electron chi connectivity index (χ4n) is 3.16. The molecule has 1 fully saturated rings. The Hall–Kier alpha value is -1.50. The van der Waals surface area contributed by atoms with Crippen molar-refractivity contribution in [1.82, 2.24) is 14.9 Å². The third-order valence-corrected chi connectivity index (χ3v) is 6.04. The molecule has 1 aliphatic heterocycles. The van der Waals surface area contributed by atoms with Crippen LogP contribution >= 0.6 is 35.0 Å². The second-order valence-electron chi connectivity index (χ2n) is 6.58. The Labute approximate surface area is 179 Å². The van der Waals surface area contributed by atoms with Crippen LogP contribution in [-0.2, 0) is 4.74 Å². The number of hydrogen-bond acceptors (Lipinski definition) is 4. The van der Waals surface area contributed by atoms with Crippen LogP contribution in [0.2, 0.25) is 10.0 Å². The highest BCUT2D eigenvalue weighted by Crippen LogP contribution is 2.33. The Balaban J connectivity index is 1.56. The van der Waals surface area contributed by atoms with Crippen LogP contribution in [-0.4, -0.2) is 53.5 Å². The zero-order chi connectivity index (χ0) is 19.3. The molecule has 0 saturated carbocycles. The fourth-order valence-corrected chi connectivity index (χ4v) is 4.28. The van der Waals surface area contributed by atoms with Gasteiger partial charge in [-0.05, 0) is 24.3 Å². The zero-order valence-electron chi connectivity index (χ0n) is 15.3. The van der Waals surface area contributed by atoms with E-state index in [0.29, 0.717) is 5.02 Å². The minimum atomic E-state index is 0.715. The standard InChI is InChI=1S/C21H21Cl2N3OS/c22-17-5-1-15(2-6-17)19-20(16-3-7-18(23)8-4-16)25-21(24-19)28-14-11-26-9-12-27-13-10-26/h1-8H,9-14H2,(H,24,25). The lowest BCUT2D eigenvalue weighted by Crippen LogP contribution is -2.37. The van der Waals surface area contributed by atoms with Gasteiger partial charge in [-0.2, -0.15) is 0 Å². The number of nitrogens with zero attached hydrogens (tertiary/aromatic N) is 2. The van der Waals surface area contributed by atoms with Gasteiger partial charge in [0.15, 0.2) is 5.16 Å². The number of hydrogen-bond donors (Lipinski definition) is 1. The van der Waals surface area contributed by atoms with Gasteiger partial charge in [-0.1, -0.05) is 59.2 Å². The third kappa shape index (κ3) is 4.91. The van der Waals surface area contributed by atoms with Crippen LogP contribution in [0.25, 0.3) is 22.5 Å². The summed E-state index contributed by atoms with van der Waals surface area (Å²) in [7, 11) is 0. The van der Waals surface area contributed by atoms with E-state index < -0.39 is 0 Å². The van der Waals surface area contributed by atoms with Crippen LogP contribution < -0.4 is 0 Å². The normalized spacial score (nSPS) is 15.1. The molecule has 0 unspecified atom stereocenters. The van der Waals surface area contributed by atoms with E-state index in [-0.39, 0.29) is 0 Å². The Morgan fingerprint density at radius 1 is 0.929 bits per heavy atom. The van der Waals surface area contributed by atoms with Crippen molar-refractivity contribution in [2.45, 2.75) is 5.16 Å². The predicted octanol–water partition coefficient (Wildman–Crippen LogP) is 5.47. The molecule has 2 aromatic carbocycles. The van der Waals surface area contributed by atoms with E-state index in [2.05, 4.69) is 9.88 Å². The van der Waals surface area contributed by atoms with Crippen LogP contribution in [0.15, 0.2) is 53.7 Å². The number of rotatable bonds is 6. The van der Waals surface area contributed by atoms with E-state index >= 15 is 0 Å². The molecule has 4 nitrogen and oxygen atoms in total. The topological polar surface area (TPSA) is 41.2 Å². The predicted molar refractivity (Wildman–Crippen MR) is 117 cm³/mol. The molecule has 0 atom stereocenters. The molecule has 3 aromatic rings. The minimum absolute atomic E-state index is 0.715. The van der Waals surface area contributed by atoms with Crippen LogP contribution in [0.3, 0.4) is 0 Å². The number of aromatic amines is 1. The van der Waals surface area contributed by atoms with Crippen LogP contribution in [0.4, 0.5) is 0 Å². The second-order valence-corrected chi connectivity index (χ2v) is 8.54. The Morgan fingerprint density at radius 2 is 1.54 bits per heavy atom. The summed E-state index contributed by atoms with van der Waals surface area (Å²) in [6, 6.07) is 15.6. The molecule has 0 bridgehead atoms. The fraction of sp³-hybridized carbons (Fsp3) is 0.286. The Morgan fingerprint density at radius 3 is 2.18 bits per heavy atom. The van der Waals surface area contributed by atoms with Crippen LogP contribution in [0, 0.1) is 0 Å². The number of imidazole rings is 1. The van der Waals surface area contributed by atoms with E-state index in [0.717, 1.165) is 71.3 Å². The van der Waals surface area contributed by atoms with Gasteiger partial charge < -0.3 is 9.72 Å². The van der Waals surface area contributed by atoms with E-state index in [1.807, 2.05) is 48.5 Å². The molecule has 1 saturated heterocycles. The monoisotopic (exact) mass is 433 g/mol. The molecule has 0 radical (unpaired) electrons. The highest BCUT2D eigenvalue weighted by atomic mass is 35.5. The first-order valence-electron chi connectivity index (χ1n) is 9.24. The summed E-state index contributed by atoms with van der Waals surface area (Å²) in [5.74, 6) is 0.980. The molecule has 146 valence electrons. The Bertz CT molecular complexity index is 843. The molecule has 2 heterocycles. The summed E-state index contributed by atoms with van der Waals surface area (Å²) in [6.45, 7) is 4.69. The first-order valence-corrected chi connectivity index (χ1v) is 11.0.